The minimum atomic E-state index is -0.111. The number of aryl methyl sites for hydroxylation is 1. The van der Waals surface area contributed by atoms with Gasteiger partial charge in [0.05, 0.1) is 17.1 Å². The first-order valence-corrected chi connectivity index (χ1v) is 11.5. The number of carbonyl (C=O) groups excluding carboxylic acids is 1. The number of carbonyl (C=O) groups is 1. The van der Waals surface area contributed by atoms with Crippen molar-refractivity contribution in [1.82, 2.24) is 24.6 Å². The second kappa shape index (κ2) is 8.69. The van der Waals surface area contributed by atoms with Crippen molar-refractivity contribution in [2.75, 3.05) is 11.9 Å². The van der Waals surface area contributed by atoms with Gasteiger partial charge in [-0.2, -0.15) is 4.98 Å². The van der Waals surface area contributed by atoms with E-state index in [1.807, 2.05) is 61.2 Å². The number of amides is 2. The zero-order chi connectivity index (χ0) is 22.9. The van der Waals surface area contributed by atoms with E-state index in [1.165, 1.54) is 0 Å². The summed E-state index contributed by atoms with van der Waals surface area (Å²) in [4.78, 5) is 24.4. The van der Waals surface area contributed by atoms with Crippen LogP contribution in [-0.2, 0) is 6.54 Å². The number of benzene rings is 2. The van der Waals surface area contributed by atoms with Gasteiger partial charge in [0.1, 0.15) is 5.82 Å². The van der Waals surface area contributed by atoms with E-state index >= 15 is 0 Å². The summed E-state index contributed by atoms with van der Waals surface area (Å²) in [5, 5.41) is 7.05. The molecule has 33 heavy (non-hydrogen) atoms. The number of fused-ring (bicyclic) bond motifs is 1. The third kappa shape index (κ3) is 3.97. The van der Waals surface area contributed by atoms with Crippen LogP contribution in [0.4, 0.5) is 10.5 Å². The molecule has 1 saturated heterocycles. The van der Waals surface area contributed by atoms with E-state index in [1.54, 1.807) is 0 Å². The molecule has 1 unspecified atom stereocenters. The predicted molar refractivity (Wildman–Crippen MR) is 127 cm³/mol. The van der Waals surface area contributed by atoms with Gasteiger partial charge in [-0.25, -0.2) is 9.78 Å². The third-order valence-corrected chi connectivity index (χ3v) is 6.15. The molecule has 2 aromatic heterocycles. The minimum absolute atomic E-state index is 0.0375. The van der Waals surface area contributed by atoms with Crippen LogP contribution >= 0.6 is 0 Å². The average Bonchev–Trinajstić information content (AvgIpc) is 3.57. The highest BCUT2D eigenvalue weighted by Crippen LogP contribution is 2.34. The van der Waals surface area contributed by atoms with Gasteiger partial charge in [0.2, 0.25) is 0 Å². The molecule has 0 radical (unpaired) electrons. The van der Waals surface area contributed by atoms with E-state index in [2.05, 4.69) is 33.0 Å². The molecule has 0 bridgehead atoms. The normalized spacial score (nSPS) is 16.1. The Hall–Kier alpha value is -3.68. The number of urea groups is 1. The number of hydrogen-bond donors (Lipinski definition) is 1. The summed E-state index contributed by atoms with van der Waals surface area (Å²) < 4.78 is 7.58. The molecule has 4 aromatic rings. The summed E-state index contributed by atoms with van der Waals surface area (Å²) >= 11 is 0. The molecular weight excluding hydrogens is 416 g/mol. The van der Waals surface area contributed by atoms with Gasteiger partial charge in [-0.15, -0.1) is 0 Å². The van der Waals surface area contributed by atoms with E-state index in [0.29, 0.717) is 18.3 Å². The summed E-state index contributed by atoms with van der Waals surface area (Å²) in [6.07, 6.45) is 1.87. The van der Waals surface area contributed by atoms with Gasteiger partial charge in [-0.3, -0.25) is 0 Å². The van der Waals surface area contributed by atoms with Gasteiger partial charge in [0.15, 0.2) is 5.82 Å². The minimum Gasteiger partial charge on any atom is -0.334 e. The summed E-state index contributed by atoms with van der Waals surface area (Å²) in [6.45, 7) is 7.69. The third-order valence-electron chi connectivity index (χ3n) is 6.15. The number of hydrogen-bond acceptors (Lipinski definition) is 5. The maximum atomic E-state index is 13.2. The standard InChI is InChI=1S/C25H28N6O2/c1-4-30-20-9-6-5-8-19(20)27-23(30)21-10-7-15-31(21)25(32)26-18-13-11-17(12-14-18)24-28-22(16(2)3)29-33-24/h5-6,8-9,11-14,16,21H,4,7,10,15H2,1-3H3,(H,26,32). The lowest BCUT2D eigenvalue weighted by atomic mass is 10.2. The lowest BCUT2D eigenvalue weighted by Crippen LogP contribution is -2.35. The fraction of sp³-hybridized carbons (Fsp3) is 0.360. The highest BCUT2D eigenvalue weighted by atomic mass is 16.5. The number of para-hydroxylation sites is 2. The van der Waals surface area contributed by atoms with E-state index in [9.17, 15) is 4.79 Å². The summed E-state index contributed by atoms with van der Waals surface area (Å²) in [5.74, 6) is 2.32. The van der Waals surface area contributed by atoms with E-state index < -0.39 is 0 Å². The lowest BCUT2D eigenvalue weighted by Gasteiger charge is -2.25. The van der Waals surface area contributed by atoms with E-state index in [-0.39, 0.29) is 18.0 Å². The molecule has 1 atom stereocenters. The summed E-state index contributed by atoms with van der Waals surface area (Å²) in [6, 6.07) is 15.5. The number of imidazole rings is 1. The van der Waals surface area contributed by atoms with Crippen molar-refractivity contribution < 1.29 is 9.32 Å². The Morgan fingerprint density at radius 1 is 1.15 bits per heavy atom. The van der Waals surface area contributed by atoms with Crippen LogP contribution < -0.4 is 5.32 Å². The smallest absolute Gasteiger partial charge is 0.322 e. The van der Waals surface area contributed by atoms with Crippen LogP contribution in [0, 0.1) is 0 Å². The summed E-state index contributed by atoms with van der Waals surface area (Å²) in [5.41, 5.74) is 3.63. The predicted octanol–water partition coefficient (Wildman–Crippen LogP) is 5.60. The van der Waals surface area contributed by atoms with Crippen molar-refractivity contribution in [2.24, 2.45) is 0 Å². The Morgan fingerprint density at radius 2 is 1.94 bits per heavy atom. The van der Waals surface area contributed by atoms with Crippen LogP contribution in [0.2, 0.25) is 0 Å². The number of rotatable bonds is 5. The number of nitrogens with zero attached hydrogens (tertiary/aromatic N) is 5. The molecule has 1 aliphatic heterocycles. The second-order valence-electron chi connectivity index (χ2n) is 8.67. The zero-order valence-electron chi connectivity index (χ0n) is 19.2. The maximum Gasteiger partial charge on any atom is 0.322 e. The quantitative estimate of drug-likeness (QED) is 0.433. The first kappa shape index (κ1) is 21.2. The summed E-state index contributed by atoms with van der Waals surface area (Å²) in [7, 11) is 0. The van der Waals surface area contributed by atoms with Crippen LogP contribution in [0.1, 0.15) is 57.2 Å². The van der Waals surface area contributed by atoms with Crippen molar-refractivity contribution in [3.63, 3.8) is 0 Å². The molecule has 0 saturated carbocycles. The molecule has 1 N–H and O–H groups in total. The molecular formula is C25H28N6O2. The number of likely N-dealkylation sites (tertiary alicyclic amines) is 1. The van der Waals surface area contributed by atoms with Crippen LogP contribution in [0.5, 0.6) is 0 Å². The molecule has 8 nitrogen and oxygen atoms in total. The van der Waals surface area contributed by atoms with Crippen LogP contribution in [-0.4, -0.2) is 37.2 Å². The first-order chi connectivity index (χ1) is 16.0. The van der Waals surface area contributed by atoms with Crippen LogP contribution in [0.15, 0.2) is 53.1 Å². The highest BCUT2D eigenvalue weighted by molar-refractivity contribution is 5.90. The van der Waals surface area contributed by atoms with Crippen molar-refractivity contribution in [1.29, 1.82) is 0 Å². The molecule has 1 aliphatic rings. The fourth-order valence-electron chi connectivity index (χ4n) is 4.44. The van der Waals surface area contributed by atoms with Gasteiger partial charge >= 0.3 is 6.03 Å². The molecule has 0 spiro atoms. The first-order valence-electron chi connectivity index (χ1n) is 11.5. The van der Waals surface area contributed by atoms with Crippen molar-refractivity contribution in [2.45, 2.75) is 52.1 Å². The second-order valence-corrected chi connectivity index (χ2v) is 8.67. The molecule has 0 aliphatic carbocycles. The number of anilines is 1. The van der Waals surface area contributed by atoms with Crippen LogP contribution in [0.25, 0.3) is 22.5 Å². The molecule has 8 heteroatoms. The lowest BCUT2D eigenvalue weighted by molar-refractivity contribution is 0.204. The van der Waals surface area contributed by atoms with Gasteiger partial charge in [0.25, 0.3) is 5.89 Å². The largest absolute Gasteiger partial charge is 0.334 e. The van der Waals surface area contributed by atoms with Crippen LogP contribution in [0.3, 0.4) is 0 Å². The maximum absolute atomic E-state index is 13.2. The average molecular weight is 445 g/mol. The van der Waals surface area contributed by atoms with Gasteiger partial charge < -0.3 is 19.3 Å². The number of nitrogens with one attached hydrogen (secondary N) is 1. The van der Waals surface area contributed by atoms with Crippen molar-refractivity contribution in [3.8, 4) is 11.5 Å². The SMILES string of the molecule is CCn1c(C2CCCN2C(=O)Nc2ccc(-c3nc(C(C)C)no3)cc2)nc2ccccc21. The van der Waals surface area contributed by atoms with Gasteiger partial charge in [0, 0.05) is 30.3 Å². The topological polar surface area (TPSA) is 89.1 Å². The van der Waals surface area contributed by atoms with Crippen molar-refractivity contribution >= 4 is 22.8 Å². The van der Waals surface area contributed by atoms with E-state index in [0.717, 1.165) is 47.5 Å². The van der Waals surface area contributed by atoms with Gasteiger partial charge in [-0.1, -0.05) is 31.1 Å². The molecule has 3 heterocycles. The fourth-order valence-corrected chi connectivity index (χ4v) is 4.44. The highest BCUT2D eigenvalue weighted by Gasteiger charge is 2.33. The monoisotopic (exact) mass is 444 g/mol. The molecule has 5 rings (SSSR count). The Bertz CT molecular complexity index is 1270. The zero-order valence-corrected chi connectivity index (χ0v) is 19.2. The Morgan fingerprint density at radius 3 is 2.67 bits per heavy atom. The van der Waals surface area contributed by atoms with Gasteiger partial charge in [-0.05, 0) is 56.2 Å². The Kier molecular flexibility index (Phi) is 5.58. The molecule has 1 fully saturated rings. The molecule has 2 aromatic carbocycles. The Labute approximate surface area is 192 Å². The van der Waals surface area contributed by atoms with E-state index in [4.69, 9.17) is 9.51 Å². The Balaban J connectivity index is 1.33. The number of aromatic nitrogens is 4. The van der Waals surface area contributed by atoms with Crippen molar-refractivity contribution in [3.05, 3.63) is 60.2 Å². The molecule has 2 amide bonds. The molecule has 170 valence electrons.